The third-order valence-corrected chi connectivity index (χ3v) is 5.00. The van der Waals surface area contributed by atoms with E-state index in [0.29, 0.717) is 17.4 Å². The third kappa shape index (κ3) is 3.80. The zero-order valence-corrected chi connectivity index (χ0v) is 17.3. The lowest BCUT2D eigenvalue weighted by atomic mass is 10.2. The summed E-state index contributed by atoms with van der Waals surface area (Å²) >= 11 is 0. The lowest BCUT2D eigenvalue weighted by Crippen LogP contribution is -2.33. The fraction of sp³-hybridized carbons (Fsp3) is 0.318. The van der Waals surface area contributed by atoms with Crippen molar-refractivity contribution >= 4 is 16.9 Å². The molecule has 0 radical (unpaired) electrons. The lowest BCUT2D eigenvalue weighted by molar-refractivity contribution is -0.133. The van der Waals surface area contributed by atoms with Crippen molar-refractivity contribution in [2.75, 3.05) is 7.05 Å². The number of fused-ring (bicyclic) bond motifs is 1. The average Bonchev–Trinajstić information content (AvgIpc) is 3.38. The first-order chi connectivity index (χ1) is 14.6. The number of imidazole rings is 1. The van der Waals surface area contributed by atoms with Crippen LogP contribution >= 0.6 is 0 Å². The standard InChI is InChI=1S/C22H24N6O2/c1-4-9-19-24-16-10-5-6-12-18(16)28(19)15(2)22(29)27(3)14-20-25-21(26-30-20)17-11-7-8-13-23-17/h5-8,10-13,15H,4,9,14H2,1-3H3/t15-/m1/s1. The number of rotatable bonds is 7. The fourth-order valence-electron chi connectivity index (χ4n) is 3.55. The minimum atomic E-state index is -0.401. The quantitative estimate of drug-likeness (QED) is 0.467. The SMILES string of the molecule is CCCc1nc2ccccc2n1[C@H](C)C(=O)N(C)Cc1nc(-c2ccccn2)no1. The molecule has 0 fully saturated rings. The summed E-state index contributed by atoms with van der Waals surface area (Å²) in [6.45, 7) is 4.23. The van der Waals surface area contributed by atoms with Gasteiger partial charge in [0.1, 0.15) is 17.6 Å². The molecule has 30 heavy (non-hydrogen) atoms. The smallest absolute Gasteiger partial charge is 0.246 e. The van der Waals surface area contributed by atoms with Crippen LogP contribution < -0.4 is 0 Å². The third-order valence-electron chi connectivity index (χ3n) is 5.00. The number of aryl methyl sites for hydroxylation is 1. The van der Waals surface area contributed by atoms with E-state index in [1.165, 1.54) is 0 Å². The molecule has 3 aromatic heterocycles. The Morgan fingerprint density at radius 1 is 1.17 bits per heavy atom. The minimum absolute atomic E-state index is 0.0481. The zero-order chi connectivity index (χ0) is 21.1. The summed E-state index contributed by atoms with van der Waals surface area (Å²) in [5, 5.41) is 3.97. The van der Waals surface area contributed by atoms with Crippen LogP contribution in [0.1, 0.15) is 38.0 Å². The molecule has 154 valence electrons. The molecule has 0 spiro atoms. The van der Waals surface area contributed by atoms with E-state index < -0.39 is 6.04 Å². The molecule has 3 heterocycles. The Morgan fingerprint density at radius 3 is 2.73 bits per heavy atom. The molecule has 0 unspecified atom stereocenters. The molecule has 1 amide bonds. The van der Waals surface area contributed by atoms with Gasteiger partial charge in [0, 0.05) is 19.7 Å². The van der Waals surface area contributed by atoms with Crippen LogP contribution in [0, 0.1) is 0 Å². The summed E-state index contributed by atoms with van der Waals surface area (Å²) in [6.07, 6.45) is 3.44. The van der Waals surface area contributed by atoms with Gasteiger partial charge in [0.05, 0.1) is 17.6 Å². The van der Waals surface area contributed by atoms with Crippen LogP contribution in [0.15, 0.2) is 53.2 Å². The molecule has 8 nitrogen and oxygen atoms in total. The van der Waals surface area contributed by atoms with Crippen LogP contribution in [-0.4, -0.2) is 42.5 Å². The molecule has 4 aromatic rings. The first kappa shape index (κ1) is 19.8. The summed E-state index contributed by atoms with van der Waals surface area (Å²) in [5.41, 5.74) is 2.49. The second-order valence-electron chi connectivity index (χ2n) is 7.23. The Bertz CT molecular complexity index is 1150. The van der Waals surface area contributed by atoms with E-state index in [9.17, 15) is 4.79 Å². The summed E-state index contributed by atoms with van der Waals surface area (Å²) in [4.78, 5) is 28.1. The number of aromatic nitrogens is 5. The predicted molar refractivity (Wildman–Crippen MR) is 112 cm³/mol. The van der Waals surface area contributed by atoms with Crippen LogP contribution in [0.2, 0.25) is 0 Å². The van der Waals surface area contributed by atoms with E-state index in [-0.39, 0.29) is 12.5 Å². The van der Waals surface area contributed by atoms with Gasteiger partial charge in [-0.25, -0.2) is 4.98 Å². The monoisotopic (exact) mass is 404 g/mol. The Kier molecular flexibility index (Phi) is 5.56. The van der Waals surface area contributed by atoms with Crippen molar-refractivity contribution in [2.24, 2.45) is 0 Å². The van der Waals surface area contributed by atoms with Gasteiger partial charge in [0.15, 0.2) is 0 Å². The molecular weight excluding hydrogens is 380 g/mol. The van der Waals surface area contributed by atoms with E-state index in [1.807, 2.05) is 54.0 Å². The van der Waals surface area contributed by atoms with Crippen LogP contribution in [0.25, 0.3) is 22.6 Å². The Balaban J connectivity index is 1.54. The maximum absolute atomic E-state index is 13.2. The molecule has 4 rings (SSSR count). The highest BCUT2D eigenvalue weighted by Crippen LogP contribution is 2.24. The first-order valence-corrected chi connectivity index (χ1v) is 10.0. The van der Waals surface area contributed by atoms with Gasteiger partial charge in [-0.05, 0) is 37.6 Å². The van der Waals surface area contributed by atoms with Gasteiger partial charge in [-0.15, -0.1) is 0 Å². The van der Waals surface area contributed by atoms with E-state index in [1.54, 1.807) is 18.1 Å². The number of pyridine rings is 1. The largest absolute Gasteiger partial charge is 0.337 e. The highest BCUT2D eigenvalue weighted by atomic mass is 16.5. The van der Waals surface area contributed by atoms with Crippen LogP contribution in [0.5, 0.6) is 0 Å². The summed E-state index contributed by atoms with van der Waals surface area (Å²) in [7, 11) is 1.74. The summed E-state index contributed by atoms with van der Waals surface area (Å²) in [5.74, 6) is 1.64. The molecule has 1 atom stereocenters. The van der Waals surface area contributed by atoms with Crippen molar-refractivity contribution in [3.8, 4) is 11.5 Å². The van der Waals surface area contributed by atoms with Crippen molar-refractivity contribution in [3.05, 3.63) is 60.4 Å². The van der Waals surface area contributed by atoms with E-state index in [0.717, 1.165) is 29.7 Å². The molecule has 0 aliphatic heterocycles. The maximum atomic E-state index is 13.2. The Labute approximate surface area is 174 Å². The van der Waals surface area contributed by atoms with Gasteiger partial charge in [0.25, 0.3) is 0 Å². The van der Waals surface area contributed by atoms with Crippen LogP contribution in [0.3, 0.4) is 0 Å². The number of carbonyl (C=O) groups is 1. The average molecular weight is 404 g/mol. The second-order valence-corrected chi connectivity index (χ2v) is 7.23. The number of likely N-dealkylation sites (N-methyl/N-ethyl adjacent to an activating group) is 1. The Morgan fingerprint density at radius 2 is 1.97 bits per heavy atom. The second kappa shape index (κ2) is 8.44. The van der Waals surface area contributed by atoms with E-state index in [4.69, 9.17) is 9.51 Å². The molecule has 0 aliphatic rings. The molecule has 0 aliphatic carbocycles. The number of benzene rings is 1. The molecule has 0 N–H and O–H groups in total. The number of nitrogens with zero attached hydrogens (tertiary/aromatic N) is 6. The molecule has 0 bridgehead atoms. The van der Waals surface area contributed by atoms with Crippen molar-refractivity contribution in [1.82, 2.24) is 29.6 Å². The minimum Gasteiger partial charge on any atom is -0.337 e. The first-order valence-electron chi connectivity index (χ1n) is 10.0. The fourth-order valence-corrected chi connectivity index (χ4v) is 3.55. The Hall–Kier alpha value is -3.55. The van der Waals surface area contributed by atoms with Crippen molar-refractivity contribution in [2.45, 2.75) is 39.3 Å². The van der Waals surface area contributed by atoms with Gasteiger partial charge in [-0.2, -0.15) is 4.98 Å². The summed E-state index contributed by atoms with van der Waals surface area (Å²) in [6, 6.07) is 13.0. The number of hydrogen-bond acceptors (Lipinski definition) is 6. The predicted octanol–water partition coefficient (Wildman–Crippen LogP) is 3.65. The highest BCUT2D eigenvalue weighted by molar-refractivity contribution is 5.84. The molecule has 0 saturated heterocycles. The molecule has 8 heteroatoms. The van der Waals surface area contributed by atoms with Gasteiger partial charge in [-0.3, -0.25) is 9.78 Å². The number of carbonyl (C=O) groups excluding carboxylic acids is 1. The number of para-hydroxylation sites is 2. The van der Waals surface area contributed by atoms with Crippen molar-refractivity contribution in [1.29, 1.82) is 0 Å². The van der Waals surface area contributed by atoms with Gasteiger partial charge in [-0.1, -0.05) is 30.3 Å². The molecule has 1 aromatic carbocycles. The highest BCUT2D eigenvalue weighted by Gasteiger charge is 2.25. The number of amides is 1. The topological polar surface area (TPSA) is 89.9 Å². The van der Waals surface area contributed by atoms with Crippen LogP contribution in [-0.2, 0) is 17.8 Å². The zero-order valence-electron chi connectivity index (χ0n) is 17.3. The van der Waals surface area contributed by atoms with Gasteiger partial charge >= 0.3 is 0 Å². The molecule has 0 saturated carbocycles. The summed E-state index contributed by atoms with van der Waals surface area (Å²) < 4.78 is 7.36. The lowest BCUT2D eigenvalue weighted by Gasteiger charge is -2.22. The van der Waals surface area contributed by atoms with Crippen molar-refractivity contribution in [3.63, 3.8) is 0 Å². The van der Waals surface area contributed by atoms with Crippen molar-refractivity contribution < 1.29 is 9.32 Å². The maximum Gasteiger partial charge on any atom is 0.246 e. The van der Waals surface area contributed by atoms with Crippen LogP contribution in [0.4, 0.5) is 0 Å². The molecular formula is C22H24N6O2. The van der Waals surface area contributed by atoms with Gasteiger partial charge in [0.2, 0.25) is 17.6 Å². The van der Waals surface area contributed by atoms with E-state index >= 15 is 0 Å². The van der Waals surface area contributed by atoms with E-state index in [2.05, 4.69) is 22.0 Å². The van der Waals surface area contributed by atoms with Gasteiger partial charge < -0.3 is 14.0 Å². The number of hydrogen-bond donors (Lipinski definition) is 0. The normalized spacial score (nSPS) is 12.2.